The fourth-order valence-corrected chi connectivity index (χ4v) is 6.57. The van der Waals surface area contributed by atoms with Crippen LogP contribution in [-0.4, -0.2) is 56.3 Å². The molecule has 1 amide bonds. The van der Waals surface area contributed by atoms with E-state index in [0.717, 1.165) is 0 Å². The van der Waals surface area contributed by atoms with Crippen LogP contribution in [0.1, 0.15) is 19.4 Å². The highest BCUT2D eigenvalue weighted by Gasteiger charge is 2.37. The third kappa shape index (κ3) is 5.34. The average Bonchev–Trinajstić information content (AvgIpc) is 3.46. The summed E-state index contributed by atoms with van der Waals surface area (Å²) >= 11 is 14.2. The fraction of sp³-hybridized carbons (Fsp3) is 0.292. The number of hydrogen-bond donors (Lipinski definition) is 2. The Balaban J connectivity index is 1.51. The van der Waals surface area contributed by atoms with E-state index < -0.39 is 11.9 Å². The molecule has 14 heteroatoms. The van der Waals surface area contributed by atoms with Crippen molar-refractivity contribution >= 4 is 80.9 Å². The van der Waals surface area contributed by atoms with E-state index in [1.807, 2.05) is 13.0 Å². The fourth-order valence-electron chi connectivity index (χ4n) is 4.15. The standard InChI is InChI=1S/C24H22ClFN6O3S3/c1-2-35-20-11-17-14(21(28-12-27-17)29-13-3-4-16(26)15(25)9-13)10-19(20)31-6-5-18(22(31)34)32-24(36)38-23(30-32)37-8-7-33/h3-4,9-12,18,33H,2,5-8H2,1H3,(H,27,28,29). The molecule has 1 saturated heterocycles. The van der Waals surface area contributed by atoms with Gasteiger partial charge in [-0.3, -0.25) is 4.79 Å². The summed E-state index contributed by atoms with van der Waals surface area (Å²) in [5.41, 5.74) is 1.74. The van der Waals surface area contributed by atoms with E-state index in [2.05, 4.69) is 20.4 Å². The summed E-state index contributed by atoms with van der Waals surface area (Å²) in [7, 11) is 0. The maximum absolute atomic E-state index is 13.6. The molecule has 0 saturated carbocycles. The lowest BCUT2D eigenvalue weighted by Crippen LogP contribution is -2.29. The minimum atomic E-state index is -0.543. The SMILES string of the molecule is CCOc1cc2ncnc(Nc3ccc(F)c(Cl)c3)c2cc1N1CCC(n2nc(SCCO)sc2=S)C1=O. The van der Waals surface area contributed by atoms with Gasteiger partial charge in [-0.2, -0.15) is 5.10 Å². The Morgan fingerprint density at radius 3 is 2.95 bits per heavy atom. The van der Waals surface area contributed by atoms with Crippen molar-refractivity contribution in [2.75, 3.05) is 35.7 Å². The van der Waals surface area contributed by atoms with Crippen LogP contribution in [0.15, 0.2) is 41.0 Å². The number of nitrogens with zero attached hydrogens (tertiary/aromatic N) is 5. The average molecular weight is 593 g/mol. The van der Waals surface area contributed by atoms with Gasteiger partial charge in [0.2, 0.25) is 0 Å². The molecule has 4 aromatic rings. The number of aromatic nitrogens is 4. The van der Waals surface area contributed by atoms with Crippen molar-refractivity contribution in [1.29, 1.82) is 0 Å². The molecule has 1 fully saturated rings. The van der Waals surface area contributed by atoms with Crippen LogP contribution >= 0.6 is 46.9 Å². The van der Waals surface area contributed by atoms with Crippen molar-refractivity contribution in [2.45, 2.75) is 23.7 Å². The molecule has 1 unspecified atom stereocenters. The summed E-state index contributed by atoms with van der Waals surface area (Å²) in [6, 6.07) is 7.35. The second-order valence-electron chi connectivity index (χ2n) is 8.19. The Hall–Kier alpha value is -2.84. The number of aliphatic hydroxyl groups is 1. The van der Waals surface area contributed by atoms with Crippen molar-refractivity contribution in [3.63, 3.8) is 0 Å². The first-order chi connectivity index (χ1) is 18.4. The molecule has 0 bridgehead atoms. The predicted octanol–water partition coefficient (Wildman–Crippen LogP) is 5.61. The summed E-state index contributed by atoms with van der Waals surface area (Å²) < 4.78 is 22.4. The van der Waals surface area contributed by atoms with E-state index in [0.29, 0.717) is 67.5 Å². The highest BCUT2D eigenvalue weighted by molar-refractivity contribution is 8.01. The van der Waals surface area contributed by atoms with Crippen LogP contribution in [0.3, 0.4) is 0 Å². The summed E-state index contributed by atoms with van der Waals surface area (Å²) in [5.74, 6) is 0.823. The molecular formula is C24H22ClFN6O3S3. The molecule has 1 atom stereocenters. The number of benzene rings is 2. The Morgan fingerprint density at radius 2 is 2.18 bits per heavy atom. The van der Waals surface area contributed by atoms with E-state index in [1.165, 1.54) is 41.6 Å². The van der Waals surface area contributed by atoms with E-state index >= 15 is 0 Å². The molecule has 0 spiro atoms. The first-order valence-electron chi connectivity index (χ1n) is 11.7. The quantitative estimate of drug-likeness (QED) is 0.189. The van der Waals surface area contributed by atoms with E-state index in [4.69, 9.17) is 33.7 Å². The zero-order chi connectivity index (χ0) is 26.8. The lowest BCUT2D eigenvalue weighted by atomic mass is 10.1. The number of nitrogens with one attached hydrogen (secondary N) is 1. The zero-order valence-electron chi connectivity index (χ0n) is 20.1. The summed E-state index contributed by atoms with van der Waals surface area (Å²) in [5, 5.41) is 17.4. The van der Waals surface area contributed by atoms with Crippen LogP contribution in [-0.2, 0) is 4.79 Å². The van der Waals surface area contributed by atoms with Crippen molar-refractivity contribution in [2.24, 2.45) is 0 Å². The van der Waals surface area contributed by atoms with Crippen LogP contribution in [0.2, 0.25) is 5.02 Å². The van der Waals surface area contributed by atoms with Gasteiger partial charge in [-0.1, -0.05) is 34.7 Å². The third-order valence-corrected chi connectivity index (χ3v) is 8.49. The molecule has 9 nitrogen and oxygen atoms in total. The van der Waals surface area contributed by atoms with Crippen molar-refractivity contribution in [3.05, 3.63) is 51.5 Å². The topological polar surface area (TPSA) is 105 Å². The number of fused-ring (bicyclic) bond motifs is 1. The highest BCUT2D eigenvalue weighted by atomic mass is 35.5. The lowest BCUT2D eigenvalue weighted by molar-refractivity contribution is -0.120. The normalized spacial score (nSPS) is 15.4. The molecule has 1 aliphatic rings. The number of anilines is 3. The number of hydrogen-bond acceptors (Lipinski definition) is 10. The molecule has 2 aromatic carbocycles. The Bertz CT molecular complexity index is 1570. The number of carbonyl (C=O) groups excluding carboxylic acids is 1. The zero-order valence-corrected chi connectivity index (χ0v) is 23.3. The van der Waals surface area contributed by atoms with Crippen LogP contribution < -0.4 is 15.0 Å². The van der Waals surface area contributed by atoms with Gasteiger partial charge < -0.3 is 20.1 Å². The Labute approximate surface area is 235 Å². The number of halogens is 2. The van der Waals surface area contributed by atoms with Gasteiger partial charge in [0.25, 0.3) is 5.91 Å². The molecular weight excluding hydrogens is 571 g/mol. The second kappa shape index (κ2) is 11.5. The van der Waals surface area contributed by atoms with Crippen LogP contribution in [0.25, 0.3) is 10.9 Å². The van der Waals surface area contributed by atoms with Crippen LogP contribution in [0.4, 0.5) is 21.6 Å². The van der Waals surface area contributed by atoms with E-state index in [9.17, 15) is 9.18 Å². The maximum atomic E-state index is 13.6. The maximum Gasteiger partial charge on any atom is 0.252 e. The first-order valence-corrected chi connectivity index (χ1v) is 14.3. The van der Waals surface area contributed by atoms with Gasteiger partial charge in [-0.15, -0.1) is 0 Å². The molecule has 198 valence electrons. The summed E-state index contributed by atoms with van der Waals surface area (Å²) in [6.07, 6.45) is 1.94. The van der Waals surface area contributed by atoms with Crippen LogP contribution in [0.5, 0.6) is 5.75 Å². The van der Waals surface area contributed by atoms with Gasteiger partial charge in [-0.05, 0) is 49.8 Å². The number of rotatable bonds is 9. The third-order valence-electron chi connectivity index (χ3n) is 5.83. The second-order valence-corrected chi connectivity index (χ2v) is 11.6. The Morgan fingerprint density at radius 1 is 1.34 bits per heavy atom. The number of thioether (sulfide) groups is 1. The monoisotopic (exact) mass is 592 g/mol. The van der Waals surface area contributed by atoms with E-state index in [1.54, 1.807) is 21.7 Å². The van der Waals surface area contributed by atoms with Gasteiger partial charge in [0.05, 0.1) is 29.4 Å². The predicted molar refractivity (Wildman–Crippen MR) is 150 cm³/mol. The minimum absolute atomic E-state index is 0.0139. The number of carbonyl (C=O) groups is 1. The highest BCUT2D eigenvalue weighted by Crippen LogP contribution is 2.40. The molecule has 0 aliphatic carbocycles. The Kier molecular flexibility index (Phi) is 8.09. The van der Waals surface area contributed by atoms with Gasteiger partial charge in [0.15, 0.2) is 8.29 Å². The largest absolute Gasteiger partial charge is 0.492 e. The summed E-state index contributed by atoms with van der Waals surface area (Å²) in [6.45, 7) is 2.74. The van der Waals surface area contributed by atoms with Crippen molar-refractivity contribution in [1.82, 2.24) is 19.7 Å². The molecule has 2 N–H and O–H groups in total. The number of amides is 1. The van der Waals surface area contributed by atoms with Gasteiger partial charge >= 0.3 is 0 Å². The minimum Gasteiger partial charge on any atom is -0.492 e. The number of aliphatic hydroxyl groups excluding tert-OH is 1. The molecule has 2 aromatic heterocycles. The first kappa shape index (κ1) is 26.8. The van der Waals surface area contributed by atoms with Crippen molar-refractivity contribution in [3.8, 4) is 5.75 Å². The molecule has 5 rings (SSSR count). The number of ether oxygens (including phenoxy) is 1. The summed E-state index contributed by atoms with van der Waals surface area (Å²) in [4.78, 5) is 24.1. The van der Waals surface area contributed by atoms with E-state index in [-0.39, 0.29) is 17.5 Å². The van der Waals surface area contributed by atoms with Crippen molar-refractivity contribution < 1.29 is 19.0 Å². The molecule has 0 radical (unpaired) electrons. The van der Waals surface area contributed by atoms with Crippen LogP contribution in [0, 0.1) is 9.77 Å². The molecule has 3 heterocycles. The smallest absolute Gasteiger partial charge is 0.252 e. The lowest BCUT2D eigenvalue weighted by Gasteiger charge is -2.21. The molecule has 38 heavy (non-hydrogen) atoms. The van der Waals surface area contributed by atoms with Gasteiger partial charge in [-0.25, -0.2) is 19.0 Å². The van der Waals surface area contributed by atoms with Gasteiger partial charge in [0.1, 0.15) is 29.8 Å². The van der Waals surface area contributed by atoms with Gasteiger partial charge in [0, 0.05) is 29.4 Å². The molecule has 1 aliphatic heterocycles.